The summed E-state index contributed by atoms with van der Waals surface area (Å²) in [5.41, 5.74) is 4.00. The molecule has 2 heterocycles. The van der Waals surface area contributed by atoms with Crippen molar-refractivity contribution in [1.29, 1.82) is 0 Å². The van der Waals surface area contributed by atoms with E-state index in [1.165, 1.54) is 18.5 Å². The highest BCUT2D eigenvalue weighted by Gasteiger charge is 2.15. The van der Waals surface area contributed by atoms with E-state index in [-0.39, 0.29) is 30.0 Å². The highest BCUT2D eigenvalue weighted by atomic mass is 35.5. The third-order valence-electron chi connectivity index (χ3n) is 6.87. The lowest BCUT2D eigenvalue weighted by atomic mass is 10.1. The number of ether oxygens (including phenoxy) is 2. The van der Waals surface area contributed by atoms with Crippen molar-refractivity contribution < 1.29 is 22.3 Å². The Morgan fingerprint density at radius 3 is 2.70 bits per heavy atom. The second kappa shape index (κ2) is 14.4. The molecule has 230 valence electrons. The number of thiazole rings is 1. The summed E-state index contributed by atoms with van der Waals surface area (Å²) in [6, 6.07) is 17.5. The summed E-state index contributed by atoms with van der Waals surface area (Å²) in [7, 11) is -3.09. The summed E-state index contributed by atoms with van der Waals surface area (Å²) >= 11 is 8.08. The standard InChI is InChI=1S/C32H32ClFN4O4S2/c1-21(2)44(39,40)14-13-41-12-4-7-31-38-29(19-43-31)23-8-10-28-26(16-23)32(36-20-35-28)37-25-9-11-30(27(33)17-25)42-18-22-5-3-6-24(34)15-22/h3,5-6,8-11,15-17,19-21H,4,7,12-14,18H2,1-2H3,(H,35,36,37). The molecule has 5 rings (SSSR count). The van der Waals surface area contributed by atoms with Crippen LogP contribution < -0.4 is 10.1 Å². The van der Waals surface area contributed by atoms with Crippen molar-refractivity contribution in [2.75, 3.05) is 24.3 Å². The largest absolute Gasteiger partial charge is 0.487 e. The molecule has 12 heteroatoms. The molecule has 0 amide bonds. The van der Waals surface area contributed by atoms with Gasteiger partial charge in [0, 0.05) is 35.0 Å². The first-order valence-corrected chi connectivity index (χ1v) is 17.1. The molecule has 0 bridgehead atoms. The van der Waals surface area contributed by atoms with Crippen LogP contribution in [0.25, 0.3) is 22.2 Å². The third kappa shape index (κ3) is 8.29. The van der Waals surface area contributed by atoms with Crippen LogP contribution in [0.15, 0.2) is 72.4 Å². The first-order chi connectivity index (χ1) is 21.2. The average Bonchev–Trinajstić information content (AvgIpc) is 3.47. The number of sulfone groups is 1. The van der Waals surface area contributed by atoms with Gasteiger partial charge in [0.05, 0.1) is 38.9 Å². The van der Waals surface area contributed by atoms with E-state index < -0.39 is 9.84 Å². The molecule has 0 saturated carbocycles. The molecule has 0 unspecified atom stereocenters. The minimum Gasteiger partial charge on any atom is -0.487 e. The van der Waals surface area contributed by atoms with Crippen LogP contribution in [0.5, 0.6) is 5.75 Å². The van der Waals surface area contributed by atoms with Gasteiger partial charge in [-0.1, -0.05) is 29.8 Å². The van der Waals surface area contributed by atoms with E-state index >= 15 is 0 Å². The molecule has 3 aromatic carbocycles. The number of aryl methyl sites for hydroxylation is 1. The van der Waals surface area contributed by atoms with Crippen molar-refractivity contribution in [3.63, 3.8) is 0 Å². The van der Waals surface area contributed by atoms with E-state index in [9.17, 15) is 12.8 Å². The van der Waals surface area contributed by atoms with Gasteiger partial charge >= 0.3 is 0 Å². The Kier molecular flexibility index (Phi) is 10.4. The Labute approximate surface area is 265 Å². The lowest BCUT2D eigenvalue weighted by Crippen LogP contribution is -2.21. The van der Waals surface area contributed by atoms with E-state index in [4.69, 9.17) is 26.1 Å². The first-order valence-electron chi connectivity index (χ1n) is 14.1. The Bertz CT molecular complexity index is 1850. The van der Waals surface area contributed by atoms with Gasteiger partial charge in [0.25, 0.3) is 0 Å². The summed E-state index contributed by atoms with van der Waals surface area (Å²) in [5.74, 6) is 0.831. The van der Waals surface area contributed by atoms with Crippen molar-refractivity contribution in [3.8, 4) is 17.0 Å². The third-order valence-corrected chi connectivity index (χ3v) is 10.2. The first kappa shape index (κ1) is 31.8. The van der Waals surface area contributed by atoms with E-state index in [1.54, 1.807) is 49.4 Å². The van der Waals surface area contributed by atoms with Gasteiger partial charge in [-0.2, -0.15) is 0 Å². The molecule has 44 heavy (non-hydrogen) atoms. The fourth-order valence-corrected chi connectivity index (χ4v) is 6.24. The number of aromatic nitrogens is 3. The van der Waals surface area contributed by atoms with E-state index in [2.05, 4.69) is 15.3 Å². The van der Waals surface area contributed by atoms with Crippen molar-refractivity contribution in [2.45, 2.75) is 38.5 Å². The Morgan fingerprint density at radius 1 is 1.05 bits per heavy atom. The van der Waals surface area contributed by atoms with E-state index in [1.807, 2.05) is 29.6 Å². The number of rotatable bonds is 14. The van der Waals surface area contributed by atoms with Crippen LogP contribution in [0.2, 0.25) is 5.02 Å². The number of anilines is 2. The van der Waals surface area contributed by atoms with Crippen LogP contribution >= 0.6 is 22.9 Å². The Balaban J connectivity index is 1.21. The molecule has 0 aliphatic heterocycles. The number of hydrogen-bond donors (Lipinski definition) is 1. The zero-order chi connectivity index (χ0) is 31.1. The Hall–Kier alpha value is -3.64. The van der Waals surface area contributed by atoms with Crippen LogP contribution in [-0.4, -0.2) is 47.6 Å². The zero-order valence-corrected chi connectivity index (χ0v) is 26.7. The van der Waals surface area contributed by atoms with Gasteiger partial charge in [-0.25, -0.2) is 27.8 Å². The molecule has 5 aromatic rings. The number of hydrogen-bond acceptors (Lipinski definition) is 9. The molecular formula is C32H32ClFN4O4S2. The fraction of sp³-hybridized carbons (Fsp3) is 0.281. The highest BCUT2D eigenvalue weighted by molar-refractivity contribution is 7.92. The quantitative estimate of drug-likeness (QED) is 0.122. The molecule has 0 radical (unpaired) electrons. The summed E-state index contributed by atoms with van der Waals surface area (Å²) in [6.45, 7) is 4.25. The van der Waals surface area contributed by atoms with E-state index in [0.717, 1.165) is 45.7 Å². The Morgan fingerprint density at radius 2 is 1.91 bits per heavy atom. The maximum Gasteiger partial charge on any atom is 0.154 e. The predicted molar refractivity (Wildman–Crippen MR) is 174 cm³/mol. The molecule has 8 nitrogen and oxygen atoms in total. The number of halogens is 2. The molecule has 0 saturated heterocycles. The highest BCUT2D eigenvalue weighted by Crippen LogP contribution is 2.33. The molecule has 0 spiro atoms. The summed E-state index contributed by atoms with van der Waals surface area (Å²) in [4.78, 5) is 13.7. The van der Waals surface area contributed by atoms with Crippen molar-refractivity contribution in [2.24, 2.45) is 0 Å². The van der Waals surface area contributed by atoms with Crippen molar-refractivity contribution in [1.82, 2.24) is 15.0 Å². The van der Waals surface area contributed by atoms with Gasteiger partial charge in [0.1, 0.15) is 30.3 Å². The molecule has 0 atom stereocenters. The number of nitrogens with one attached hydrogen (secondary N) is 1. The summed E-state index contributed by atoms with van der Waals surface area (Å²) in [6.07, 6.45) is 3.00. The number of benzene rings is 3. The monoisotopic (exact) mass is 654 g/mol. The fourth-order valence-electron chi connectivity index (χ4n) is 4.33. The molecule has 1 N–H and O–H groups in total. The van der Waals surface area contributed by atoms with Crippen molar-refractivity contribution in [3.05, 3.63) is 93.8 Å². The van der Waals surface area contributed by atoms with Gasteiger partial charge in [-0.15, -0.1) is 11.3 Å². The molecule has 2 aromatic heterocycles. The lowest BCUT2D eigenvalue weighted by Gasteiger charge is -2.12. The number of nitrogens with zero attached hydrogens (tertiary/aromatic N) is 3. The maximum absolute atomic E-state index is 13.5. The summed E-state index contributed by atoms with van der Waals surface area (Å²) < 4.78 is 48.6. The smallest absolute Gasteiger partial charge is 0.154 e. The van der Waals surface area contributed by atoms with Gasteiger partial charge in [-0.05, 0) is 68.3 Å². The normalized spacial score (nSPS) is 11.8. The second-order valence-corrected chi connectivity index (χ2v) is 14.4. The minimum absolute atomic E-state index is 0.0410. The molecule has 0 fully saturated rings. The second-order valence-electron chi connectivity index (χ2n) is 10.4. The topological polar surface area (TPSA) is 103 Å². The molecule has 0 aliphatic carbocycles. The van der Waals surface area contributed by atoms with Gasteiger partial charge in [-0.3, -0.25) is 0 Å². The minimum atomic E-state index is -3.09. The molecular weight excluding hydrogens is 623 g/mol. The van der Waals surface area contributed by atoms with Gasteiger partial charge in [0.15, 0.2) is 9.84 Å². The van der Waals surface area contributed by atoms with Crippen molar-refractivity contribution >= 4 is 55.2 Å². The summed E-state index contributed by atoms with van der Waals surface area (Å²) in [5, 5.41) is 7.18. The van der Waals surface area contributed by atoms with Crippen LogP contribution in [0.4, 0.5) is 15.9 Å². The van der Waals surface area contributed by atoms with Crippen LogP contribution in [0.3, 0.4) is 0 Å². The number of fused-ring (bicyclic) bond motifs is 1. The van der Waals surface area contributed by atoms with Gasteiger partial charge < -0.3 is 14.8 Å². The van der Waals surface area contributed by atoms with E-state index in [0.29, 0.717) is 28.8 Å². The zero-order valence-electron chi connectivity index (χ0n) is 24.3. The van der Waals surface area contributed by atoms with Crippen LogP contribution in [0, 0.1) is 5.82 Å². The van der Waals surface area contributed by atoms with Crippen LogP contribution in [-0.2, 0) is 27.6 Å². The maximum atomic E-state index is 13.5. The van der Waals surface area contributed by atoms with Crippen LogP contribution in [0.1, 0.15) is 30.8 Å². The lowest BCUT2D eigenvalue weighted by molar-refractivity contribution is 0.146. The van der Waals surface area contributed by atoms with Gasteiger partial charge in [0.2, 0.25) is 0 Å². The average molecular weight is 655 g/mol. The molecule has 0 aliphatic rings. The predicted octanol–water partition coefficient (Wildman–Crippen LogP) is 7.64. The SMILES string of the molecule is CC(C)S(=O)(=O)CCOCCCc1nc(-c2ccc3ncnc(Nc4ccc(OCc5cccc(F)c5)c(Cl)c4)c3c2)cs1.